The van der Waals surface area contributed by atoms with E-state index in [0.29, 0.717) is 31.8 Å². The maximum Gasteiger partial charge on any atom is 0.409 e. The minimum absolute atomic E-state index is 0.110. The van der Waals surface area contributed by atoms with Crippen LogP contribution in [0.3, 0.4) is 0 Å². The lowest BCUT2D eigenvalue weighted by Gasteiger charge is -2.41. The lowest BCUT2D eigenvalue weighted by molar-refractivity contribution is -0.141. The number of benzene rings is 1. The summed E-state index contributed by atoms with van der Waals surface area (Å²) in [5.41, 5.74) is 1.53. The molecule has 10 nitrogen and oxygen atoms in total. The molecule has 0 radical (unpaired) electrons. The van der Waals surface area contributed by atoms with Gasteiger partial charge in [-0.15, -0.1) is 0 Å². The third kappa shape index (κ3) is 6.23. The first-order valence-corrected chi connectivity index (χ1v) is 12.8. The van der Waals surface area contributed by atoms with Crippen molar-refractivity contribution in [3.63, 3.8) is 0 Å². The van der Waals surface area contributed by atoms with Crippen LogP contribution in [0, 0.1) is 5.41 Å². The summed E-state index contributed by atoms with van der Waals surface area (Å²) in [5, 5.41) is 9.31. The van der Waals surface area contributed by atoms with Crippen LogP contribution in [0.5, 0.6) is 0 Å². The molecule has 3 rings (SSSR count). The Morgan fingerprint density at radius 3 is 2.30 bits per heavy atom. The van der Waals surface area contributed by atoms with E-state index in [1.54, 1.807) is 5.48 Å². The molecule has 0 aliphatic carbocycles. The van der Waals surface area contributed by atoms with Gasteiger partial charge >= 0.3 is 6.09 Å². The third-order valence-electron chi connectivity index (χ3n) is 6.65. The number of hydrogen-bond acceptors (Lipinski definition) is 7. The Morgan fingerprint density at radius 1 is 1.09 bits per heavy atom. The van der Waals surface area contributed by atoms with E-state index in [2.05, 4.69) is 12.1 Å². The van der Waals surface area contributed by atoms with Gasteiger partial charge in [0.25, 0.3) is 5.91 Å². The van der Waals surface area contributed by atoms with Crippen molar-refractivity contribution in [2.75, 3.05) is 52.3 Å². The standard InChI is InChI=1S/C22H33N3O7S/c1-31-15-16-32-21(27)24-13-9-22(10-14-24,20(26)23-28)17-33(29,30)25-11-7-19(8-12-25)18-5-3-2-4-6-18/h2-6,19,28H,7-17H2,1H3,(H,23,26). The van der Waals surface area contributed by atoms with Gasteiger partial charge in [0.2, 0.25) is 10.0 Å². The fraction of sp³-hybridized carbons (Fsp3) is 0.636. The summed E-state index contributed by atoms with van der Waals surface area (Å²) in [4.78, 5) is 26.2. The highest BCUT2D eigenvalue weighted by molar-refractivity contribution is 7.89. The molecule has 2 heterocycles. The summed E-state index contributed by atoms with van der Waals surface area (Å²) in [6, 6.07) is 10.0. The number of carbonyl (C=O) groups is 2. The summed E-state index contributed by atoms with van der Waals surface area (Å²) in [6.07, 6.45) is 1.11. The molecular formula is C22H33N3O7S. The van der Waals surface area contributed by atoms with E-state index in [1.807, 2.05) is 18.2 Å². The highest BCUT2D eigenvalue weighted by atomic mass is 32.2. The van der Waals surface area contributed by atoms with Crippen LogP contribution in [0.4, 0.5) is 4.79 Å². The topological polar surface area (TPSA) is 125 Å². The van der Waals surface area contributed by atoms with E-state index in [1.165, 1.54) is 21.9 Å². The van der Waals surface area contributed by atoms with Crippen LogP contribution in [0.15, 0.2) is 30.3 Å². The normalized spacial score (nSPS) is 19.8. The predicted molar refractivity (Wildman–Crippen MR) is 120 cm³/mol. The Labute approximate surface area is 194 Å². The Hall–Kier alpha value is -2.21. The van der Waals surface area contributed by atoms with Crippen LogP contribution in [0.25, 0.3) is 0 Å². The first kappa shape index (κ1) is 25.4. The zero-order valence-corrected chi connectivity index (χ0v) is 19.8. The van der Waals surface area contributed by atoms with Crippen molar-refractivity contribution in [1.29, 1.82) is 0 Å². The van der Waals surface area contributed by atoms with Crippen LogP contribution in [0.2, 0.25) is 0 Å². The van der Waals surface area contributed by atoms with Crippen molar-refractivity contribution in [2.24, 2.45) is 5.41 Å². The van der Waals surface area contributed by atoms with Gasteiger partial charge < -0.3 is 14.4 Å². The van der Waals surface area contributed by atoms with E-state index in [9.17, 15) is 23.2 Å². The molecule has 0 spiro atoms. The largest absolute Gasteiger partial charge is 0.447 e. The number of rotatable bonds is 8. The van der Waals surface area contributed by atoms with Gasteiger partial charge in [0.1, 0.15) is 6.61 Å². The molecule has 2 aliphatic rings. The summed E-state index contributed by atoms with van der Waals surface area (Å²) in [6.45, 7) is 1.47. The van der Waals surface area contributed by atoms with Gasteiger partial charge in [-0.2, -0.15) is 0 Å². The van der Waals surface area contributed by atoms with Crippen LogP contribution < -0.4 is 5.48 Å². The monoisotopic (exact) mass is 483 g/mol. The zero-order chi connectivity index (χ0) is 23.9. The molecule has 2 N–H and O–H groups in total. The Kier molecular flexibility index (Phi) is 8.69. The first-order valence-electron chi connectivity index (χ1n) is 11.2. The number of amides is 2. The van der Waals surface area contributed by atoms with Gasteiger partial charge in [0.05, 0.1) is 17.8 Å². The quantitative estimate of drug-likeness (QED) is 0.327. The van der Waals surface area contributed by atoms with Gasteiger partial charge in [0, 0.05) is 33.3 Å². The molecule has 1 aromatic rings. The number of nitrogens with one attached hydrogen (secondary N) is 1. The summed E-state index contributed by atoms with van der Waals surface area (Å²) < 4.78 is 37.9. The summed E-state index contributed by atoms with van der Waals surface area (Å²) >= 11 is 0. The average molecular weight is 484 g/mol. The summed E-state index contributed by atoms with van der Waals surface area (Å²) in [5.74, 6) is -0.841. The molecule has 0 saturated carbocycles. The molecule has 0 atom stereocenters. The van der Waals surface area contributed by atoms with Crippen molar-refractivity contribution in [3.05, 3.63) is 35.9 Å². The summed E-state index contributed by atoms with van der Waals surface area (Å²) in [7, 11) is -2.25. The van der Waals surface area contributed by atoms with Gasteiger partial charge in [-0.1, -0.05) is 30.3 Å². The van der Waals surface area contributed by atoms with Crippen molar-refractivity contribution in [2.45, 2.75) is 31.6 Å². The lowest BCUT2D eigenvalue weighted by Crippen LogP contribution is -2.54. The number of hydroxylamine groups is 1. The van der Waals surface area contributed by atoms with E-state index < -0.39 is 33.2 Å². The molecule has 0 bridgehead atoms. The number of piperidine rings is 2. The molecule has 0 unspecified atom stereocenters. The first-order chi connectivity index (χ1) is 15.8. The highest BCUT2D eigenvalue weighted by Gasteiger charge is 2.47. The fourth-order valence-electron chi connectivity index (χ4n) is 4.61. The van der Waals surface area contributed by atoms with Crippen molar-refractivity contribution >= 4 is 22.0 Å². The van der Waals surface area contributed by atoms with Crippen LogP contribution in [0.1, 0.15) is 37.2 Å². The molecule has 2 saturated heterocycles. The fourth-order valence-corrected chi connectivity index (χ4v) is 6.68. The minimum atomic E-state index is -3.75. The molecule has 33 heavy (non-hydrogen) atoms. The second-order valence-electron chi connectivity index (χ2n) is 8.66. The SMILES string of the molecule is COCCOC(=O)N1CCC(CS(=O)(=O)N2CCC(c3ccccc3)CC2)(C(=O)NO)CC1. The molecule has 1 aromatic carbocycles. The predicted octanol–water partition coefficient (Wildman–Crippen LogP) is 1.57. The third-order valence-corrected chi connectivity index (χ3v) is 8.72. The van der Waals surface area contributed by atoms with E-state index in [4.69, 9.17) is 9.47 Å². The molecule has 0 aromatic heterocycles. The molecule has 2 amide bonds. The van der Waals surface area contributed by atoms with Gasteiger partial charge in [-0.05, 0) is 37.2 Å². The minimum Gasteiger partial charge on any atom is -0.447 e. The van der Waals surface area contributed by atoms with Crippen molar-refractivity contribution in [1.82, 2.24) is 14.7 Å². The Balaban J connectivity index is 1.62. The molecule has 2 aliphatic heterocycles. The van der Waals surface area contributed by atoms with E-state index in [-0.39, 0.29) is 39.1 Å². The van der Waals surface area contributed by atoms with E-state index >= 15 is 0 Å². The maximum atomic E-state index is 13.3. The molecular weight excluding hydrogens is 450 g/mol. The maximum absolute atomic E-state index is 13.3. The van der Waals surface area contributed by atoms with Crippen LogP contribution >= 0.6 is 0 Å². The molecule has 11 heteroatoms. The smallest absolute Gasteiger partial charge is 0.409 e. The van der Waals surface area contributed by atoms with Crippen LogP contribution in [-0.4, -0.2) is 87.1 Å². The van der Waals surface area contributed by atoms with Gasteiger partial charge in [-0.25, -0.2) is 23.0 Å². The molecule has 2 fully saturated rings. The zero-order valence-electron chi connectivity index (χ0n) is 18.9. The second-order valence-corrected chi connectivity index (χ2v) is 10.6. The van der Waals surface area contributed by atoms with Crippen LogP contribution in [-0.2, 0) is 24.3 Å². The number of hydrogen-bond donors (Lipinski definition) is 2. The Bertz CT molecular complexity index is 894. The number of sulfonamides is 1. The average Bonchev–Trinajstić information content (AvgIpc) is 2.84. The van der Waals surface area contributed by atoms with Gasteiger partial charge in [-0.3, -0.25) is 10.0 Å². The van der Waals surface area contributed by atoms with Gasteiger partial charge in [0.15, 0.2) is 0 Å². The second kappa shape index (κ2) is 11.3. The molecule has 184 valence electrons. The van der Waals surface area contributed by atoms with Crippen molar-refractivity contribution < 1.29 is 32.7 Å². The number of nitrogens with zero attached hydrogens (tertiary/aromatic N) is 2. The number of methoxy groups -OCH3 is 1. The van der Waals surface area contributed by atoms with Crippen molar-refractivity contribution in [3.8, 4) is 0 Å². The van der Waals surface area contributed by atoms with E-state index in [0.717, 1.165) is 0 Å². The Morgan fingerprint density at radius 2 is 1.73 bits per heavy atom. The number of carbonyl (C=O) groups excluding carboxylic acids is 2. The highest BCUT2D eigenvalue weighted by Crippen LogP contribution is 2.36. The lowest BCUT2D eigenvalue weighted by atomic mass is 9.79. The number of likely N-dealkylation sites (tertiary alicyclic amines) is 1. The number of ether oxygens (including phenoxy) is 2.